The van der Waals surface area contributed by atoms with Gasteiger partial charge in [-0.05, 0) is 19.4 Å². The van der Waals surface area contributed by atoms with E-state index in [0.29, 0.717) is 0 Å². The number of aliphatic hydroxyl groups excluding tert-OH is 12. The molecule has 3 rings (SSSR count). The second-order valence-electron chi connectivity index (χ2n) is 11.0. The Labute approximate surface area is 325 Å². The Morgan fingerprint density at radius 2 is 1.31 bits per heavy atom. The van der Waals surface area contributed by atoms with Gasteiger partial charge in [-0.25, -0.2) is 0 Å². The molecule has 0 bridgehead atoms. The maximum absolute atomic E-state index is 10.9. The predicted octanol–water partition coefficient (Wildman–Crippen LogP) is -7.02. The Morgan fingerprint density at radius 1 is 0.776 bits per heavy atom. The summed E-state index contributed by atoms with van der Waals surface area (Å²) in [6.07, 6.45) is -25.1. The summed E-state index contributed by atoms with van der Waals surface area (Å²) in [6.45, 7) is 1.29. The van der Waals surface area contributed by atoms with Crippen LogP contribution in [0, 0.1) is 0 Å². The molecule has 3 aliphatic rings. The van der Waals surface area contributed by atoms with E-state index >= 15 is 0 Å². The van der Waals surface area contributed by atoms with Crippen LogP contribution in [-0.2, 0) is 23.7 Å². The second-order valence-corrected chi connectivity index (χ2v) is 11.0. The lowest BCUT2D eigenvalue weighted by molar-refractivity contribution is -0.356. The minimum Gasteiger partial charge on any atom is -0.394 e. The molecular weight excluding hydrogens is 779 g/mol. The molecule has 298 valence electrons. The van der Waals surface area contributed by atoms with Crippen LogP contribution in [0.2, 0.25) is 0 Å². The zero-order valence-electron chi connectivity index (χ0n) is 26.4. The first kappa shape index (κ1) is 56.6. The molecule has 1 aliphatic carbocycles. The molecule has 11 unspecified atom stereocenters. The van der Waals surface area contributed by atoms with Gasteiger partial charge in [0.1, 0.15) is 73.2 Å². The topological polar surface area (TPSA) is 309 Å². The predicted molar refractivity (Wildman–Crippen MR) is 200 cm³/mol. The van der Waals surface area contributed by atoms with Crippen molar-refractivity contribution in [1.29, 1.82) is 0 Å². The monoisotopic (exact) mass is 833 g/mol. The lowest BCUT2D eigenvalue weighted by atomic mass is 9.86. The van der Waals surface area contributed by atoms with E-state index in [9.17, 15) is 66.1 Å². The van der Waals surface area contributed by atoms with Crippen molar-refractivity contribution < 1.29 is 85.0 Å². The summed E-state index contributed by atoms with van der Waals surface area (Å²) in [7, 11) is 0. The van der Waals surface area contributed by atoms with Gasteiger partial charge in [-0.15, -0.1) is 0 Å². The van der Waals surface area contributed by atoms with Crippen molar-refractivity contribution in [2.75, 3.05) is 13.2 Å². The molecule has 0 spiro atoms. The van der Waals surface area contributed by atoms with Gasteiger partial charge in [-0.2, -0.15) is 81.0 Å². The molecule has 49 heavy (non-hydrogen) atoms. The number of ether oxygens (including phenoxy) is 4. The summed E-state index contributed by atoms with van der Waals surface area (Å²) < 4.78 is 22.3. The minimum atomic E-state index is -2.04. The van der Waals surface area contributed by atoms with E-state index in [1.165, 1.54) is 19.9 Å². The number of aldehydes is 1. The first-order valence-corrected chi connectivity index (χ1v) is 13.7. The third kappa shape index (κ3) is 13.0. The Morgan fingerprint density at radius 3 is 1.82 bits per heavy atom. The highest BCUT2D eigenvalue weighted by molar-refractivity contribution is 7.60. The summed E-state index contributed by atoms with van der Waals surface area (Å²) in [5.41, 5.74) is 0.0312. The molecule has 0 amide bonds. The minimum absolute atomic E-state index is 0. The zero-order valence-corrected chi connectivity index (χ0v) is 32.4. The molecule has 0 radical (unpaired) electrons. The average molecular weight is 834 g/mol. The van der Waals surface area contributed by atoms with Gasteiger partial charge in [0.2, 0.25) is 0 Å². The van der Waals surface area contributed by atoms with E-state index in [2.05, 4.69) is 5.32 Å². The van der Waals surface area contributed by atoms with Crippen LogP contribution in [-0.4, -0.2) is 191 Å². The molecule has 0 saturated carbocycles. The van der Waals surface area contributed by atoms with E-state index in [-0.39, 0.29) is 92.8 Å². The molecule has 2 aliphatic heterocycles. The van der Waals surface area contributed by atoms with E-state index in [1.54, 1.807) is 0 Å². The molecule has 18 atom stereocenters. The first-order valence-electron chi connectivity index (χ1n) is 13.7. The van der Waals surface area contributed by atoms with Crippen LogP contribution in [0.15, 0.2) is 11.6 Å². The zero-order chi connectivity index (χ0) is 32.3. The maximum Gasteiger partial charge on any atom is 0.187 e. The molecule has 2 fully saturated rings. The fourth-order valence-corrected chi connectivity index (χ4v) is 5.33. The van der Waals surface area contributed by atoms with Gasteiger partial charge in [0.25, 0.3) is 0 Å². The highest BCUT2D eigenvalue weighted by atomic mass is 32.1. The fourth-order valence-electron chi connectivity index (χ4n) is 5.33. The van der Waals surface area contributed by atoms with Crippen LogP contribution >= 0.6 is 81.0 Å². The van der Waals surface area contributed by atoms with Gasteiger partial charge in [-0.1, -0.05) is 6.08 Å². The van der Waals surface area contributed by atoms with Gasteiger partial charge in [0.15, 0.2) is 18.9 Å². The number of hydrogen-bond donors (Lipinski definition) is 13. The molecule has 24 heteroatoms. The molecule has 0 aromatic rings. The smallest absolute Gasteiger partial charge is 0.187 e. The molecule has 0 aromatic heterocycles. The SMILES string of the molecule is CC1O[C@H](OC(C(O)C(O)C=O)[C@H](O)CO)[C@H](O)C(O)C1OC1O[C@H](C)C(NC2C=C(CO)[C@@H](O)C(O)[C@H]2O)[C@H](O)C1O.S.S.S.S.S.S. The van der Waals surface area contributed by atoms with Crippen molar-refractivity contribution in [2.24, 2.45) is 0 Å². The van der Waals surface area contributed by atoms with Crippen LogP contribution in [0.1, 0.15) is 13.8 Å². The molecule has 2 heterocycles. The van der Waals surface area contributed by atoms with Crippen molar-refractivity contribution in [1.82, 2.24) is 5.32 Å². The summed E-state index contributed by atoms with van der Waals surface area (Å²) >= 11 is 0. The lowest BCUT2D eigenvalue weighted by Gasteiger charge is -2.48. The third-order valence-corrected chi connectivity index (χ3v) is 7.99. The van der Waals surface area contributed by atoms with Crippen molar-refractivity contribution in [3.05, 3.63) is 11.6 Å². The number of carbonyl (C=O) groups is 1. The third-order valence-electron chi connectivity index (χ3n) is 7.99. The first-order chi connectivity index (χ1) is 20.2. The average Bonchev–Trinajstić information content (AvgIpc) is 2.99. The highest BCUT2D eigenvalue weighted by Crippen LogP contribution is 2.31. The number of rotatable bonds is 12. The van der Waals surface area contributed by atoms with Gasteiger partial charge in [-0.3, -0.25) is 0 Å². The van der Waals surface area contributed by atoms with Gasteiger partial charge >= 0.3 is 0 Å². The Kier molecular flexibility index (Phi) is 28.9. The van der Waals surface area contributed by atoms with Gasteiger partial charge in [0.05, 0.1) is 37.5 Å². The lowest BCUT2D eigenvalue weighted by Crippen LogP contribution is -2.68. The van der Waals surface area contributed by atoms with Crippen molar-refractivity contribution in [3.63, 3.8) is 0 Å². The Hall–Kier alpha value is 0.830. The summed E-state index contributed by atoms with van der Waals surface area (Å²) in [5.74, 6) is 0. The Bertz CT molecular complexity index is 954. The molecule has 18 nitrogen and oxygen atoms in total. The number of hydrogen-bond acceptors (Lipinski definition) is 18. The van der Waals surface area contributed by atoms with Crippen LogP contribution in [0.5, 0.6) is 0 Å². The number of aliphatic hydroxyl groups is 12. The maximum atomic E-state index is 10.9. The molecule has 13 N–H and O–H groups in total. The molecule has 0 aromatic carbocycles. The standard InChI is InChI=1S/C25H43NO17.6H2S/c1-7-13(26-10-3-9(4-27)14(32)18(36)15(10)33)17(35)20(38)24(40-7)42-22-8(2)41-25(21(39)19(22)37)43-23(12(31)6-29)16(34)11(30)5-28;;;;;;/h3,5,7-8,10-27,29-39H,4,6H2,1-2H3;6*1H2/t7-,8?,10?,11?,12-,13?,14-,15+,16?,17+,18?,19?,20?,21-,22?,23?,24?,25-;;;;;;/m1....../s1. The normalized spacial score (nSPS) is 39.6. The summed E-state index contributed by atoms with van der Waals surface area (Å²) in [5, 5.41) is 125. The van der Waals surface area contributed by atoms with Crippen molar-refractivity contribution in [3.8, 4) is 0 Å². The van der Waals surface area contributed by atoms with Crippen molar-refractivity contribution in [2.45, 2.75) is 124 Å². The van der Waals surface area contributed by atoms with Crippen LogP contribution in [0.3, 0.4) is 0 Å². The van der Waals surface area contributed by atoms with Crippen LogP contribution < -0.4 is 5.32 Å². The Balaban J connectivity index is -0.00000169. The highest BCUT2D eigenvalue weighted by Gasteiger charge is 2.51. The summed E-state index contributed by atoms with van der Waals surface area (Å²) in [4.78, 5) is 10.9. The van der Waals surface area contributed by atoms with Crippen LogP contribution in [0.4, 0.5) is 0 Å². The van der Waals surface area contributed by atoms with Gasteiger partial charge < -0.3 is 90.3 Å². The molecule has 2 saturated heterocycles. The number of nitrogens with one attached hydrogen (secondary N) is 1. The molecular formula is C25H55NO17S6. The van der Waals surface area contributed by atoms with E-state index in [4.69, 9.17) is 18.9 Å². The summed E-state index contributed by atoms with van der Waals surface area (Å²) in [6, 6.07) is -2.12. The fraction of sp³-hybridized carbons (Fsp3) is 0.880. The van der Waals surface area contributed by atoms with Crippen LogP contribution in [0.25, 0.3) is 0 Å². The number of carbonyl (C=O) groups excluding carboxylic acids is 1. The van der Waals surface area contributed by atoms with E-state index in [1.807, 2.05) is 0 Å². The largest absolute Gasteiger partial charge is 0.394 e. The van der Waals surface area contributed by atoms with Crippen molar-refractivity contribution >= 4 is 87.3 Å². The van der Waals surface area contributed by atoms with E-state index in [0.717, 1.165) is 0 Å². The second kappa shape index (κ2) is 25.0. The van der Waals surface area contributed by atoms with Gasteiger partial charge in [0, 0.05) is 0 Å². The van der Waals surface area contributed by atoms with E-state index < -0.39 is 123 Å². The quantitative estimate of drug-likeness (QED) is 0.0642.